The van der Waals surface area contributed by atoms with Crippen LogP contribution in [-0.4, -0.2) is 50.6 Å². The molecule has 1 heterocycles. The number of piperazine rings is 1. The molecule has 1 atom stereocenters. The summed E-state index contributed by atoms with van der Waals surface area (Å²) in [6.45, 7) is 6.93. The molecule has 1 aliphatic rings. The molecule has 0 spiro atoms. The highest BCUT2D eigenvalue weighted by Gasteiger charge is 2.15. The number of amides is 1. The summed E-state index contributed by atoms with van der Waals surface area (Å²) in [6, 6.07) is 25.5. The number of benzene rings is 3. The van der Waals surface area contributed by atoms with Gasteiger partial charge in [0.05, 0.1) is 0 Å². The van der Waals surface area contributed by atoms with Crippen molar-refractivity contribution in [3.63, 3.8) is 0 Å². The first-order valence-corrected chi connectivity index (χ1v) is 11.7. The molecule has 0 aliphatic carbocycles. The monoisotopic (exact) mass is 442 g/mol. The molecule has 0 radical (unpaired) electrons. The third-order valence-corrected chi connectivity index (χ3v) is 6.12. The predicted octanol–water partition coefficient (Wildman–Crippen LogP) is 4.14. The van der Waals surface area contributed by atoms with Crippen molar-refractivity contribution >= 4 is 11.6 Å². The van der Waals surface area contributed by atoms with E-state index in [9.17, 15) is 4.79 Å². The SMILES string of the molecule is C[C@H]1CN(Cc2cccc(-c3cccc(CNC(=O)c4cccc(N(C)C)c4)c3)c2)CCN1. The molecule has 1 saturated heterocycles. The second-order valence-electron chi connectivity index (χ2n) is 9.12. The van der Waals surface area contributed by atoms with Gasteiger partial charge in [-0.2, -0.15) is 0 Å². The molecule has 3 aromatic rings. The molecular formula is C28H34N4O. The zero-order chi connectivity index (χ0) is 23.2. The molecule has 2 N–H and O–H groups in total. The maximum atomic E-state index is 12.7. The molecule has 0 bridgehead atoms. The molecule has 5 nitrogen and oxygen atoms in total. The first-order chi connectivity index (χ1) is 16.0. The standard InChI is InChI=1S/C28H34N4O/c1-21-19-32(14-13-29-21)20-23-8-5-10-25(16-23)24-9-4-7-22(15-24)18-30-28(33)26-11-6-12-27(17-26)31(2)3/h4-12,15-17,21,29H,13-14,18-20H2,1-3H3,(H,30,33)/t21-/m0/s1. The Kier molecular flexibility index (Phi) is 7.43. The molecule has 5 heteroatoms. The van der Waals surface area contributed by atoms with Crippen LogP contribution in [0.4, 0.5) is 5.69 Å². The minimum atomic E-state index is -0.0589. The van der Waals surface area contributed by atoms with E-state index in [2.05, 4.69) is 71.0 Å². The molecule has 1 aliphatic heterocycles. The summed E-state index contributed by atoms with van der Waals surface area (Å²) < 4.78 is 0. The van der Waals surface area contributed by atoms with Crippen LogP contribution in [0.2, 0.25) is 0 Å². The van der Waals surface area contributed by atoms with Crippen LogP contribution >= 0.6 is 0 Å². The van der Waals surface area contributed by atoms with E-state index in [1.807, 2.05) is 43.3 Å². The van der Waals surface area contributed by atoms with Crippen LogP contribution in [0.1, 0.15) is 28.4 Å². The predicted molar refractivity (Wildman–Crippen MR) is 137 cm³/mol. The Morgan fingerprint density at radius 3 is 2.42 bits per heavy atom. The molecule has 1 fully saturated rings. The van der Waals surface area contributed by atoms with Gasteiger partial charge >= 0.3 is 0 Å². The summed E-state index contributed by atoms with van der Waals surface area (Å²) in [4.78, 5) is 17.2. The van der Waals surface area contributed by atoms with Crippen LogP contribution < -0.4 is 15.5 Å². The van der Waals surface area contributed by atoms with Crippen molar-refractivity contribution in [1.82, 2.24) is 15.5 Å². The number of carbonyl (C=O) groups is 1. The van der Waals surface area contributed by atoms with Gasteiger partial charge < -0.3 is 15.5 Å². The topological polar surface area (TPSA) is 47.6 Å². The first-order valence-electron chi connectivity index (χ1n) is 11.7. The third kappa shape index (κ3) is 6.21. The molecule has 172 valence electrons. The summed E-state index contributed by atoms with van der Waals surface area (Å²) in [5.74, 6) is -0.0589. The molecule has 0 unspecified atom stereocenters. The zero-order valence-electron chi connectivity index (χ0n) is 19.8. The second kappa shape index (κ2) is 10.6. The second-order valence-corrected chi connectivity index (χ2v) is 9.12. The number of carbonyl (C=O) groups excluding carboxylic acids is 1. The van der Waals surface area contributed by atoms with E-state index in [-0.39, 0.29) is 5.91 Å². The fourth-order valence-electron chi connectivity index (χ4n) is 4.33. The van der Waals surface area contributed by atoms with Gasteiger partial charge in [-0.15, -0.1) is 0 Å². The average molecular weight is 443 g/mol. The first kappa shape index (κ1) is 23.0. The van der Waals surface area contributed by atoms with Crippen LogP contribution in [0.5, 0.6) is 0 Å². The Morgan fingerprint density at radius 2 is 1.70 bits per heavy atom. The number of nitrogens with one attached hydrogen (secondary N) is 2. The average Bonchev–Trinajstić information content (AvgIpc) is 2.83. The Hall–Kier alpha value is -3.15. The van der Waals surface area contributed by atoms with Gasteiger partial charge in [-0.1, -0.05) is 42.5 Å². The number of rotatable bonds is 7. The zero-order valence-corrected chi connectivity index (χ0v) is 19.8. The third-order valence-electron chi connectivity index (χ3n) is 6.12. The van der Waals surface area contributed by atoms with Crippen molar-refractivity contribution in [2.75, 3.05) is 38.6 Å². The molecule has 0 aromatic heterocycles. The Morgan fingerprint density at radius 1 is 1.00 bits per heavy atom. The smallest absolute Gasteiger partial charge is 0.251 e. The summed E-state index contributed by atoms with van der Waals surface area (Å²) in [5, 5.41) is 6.57. The molecule has 3 aromatic carbocycles. The van der Waals surface area contributed by atoms with Crippen LogP contribution in [0.25, 0.3) is 11.1 Å². The van der Waals surface area contributed by atoms with Gasteiger partial charge in [0.25, 0.3) is 5.91 Å². The normalized spacial score (nSPS) is 16.4. The Bertz CT molecular complexity index is 1090. The van der Waals surface area contributed by atoms with E-state index in [1.54, 1.807) is 0 Å². The number of hydrogen-bond acceptors (Lipinski definition) is 4. The number of hydrogen-bond donors (Lipinski definition) is 2. The van der Waals surface area contributed by atoms with Crippen molar-refractivity contribution in [3.8, 4) is 11.1 Å². The van der Waals surface area contributed by atoms with Gasteiger partial charge in [0, 0.05) is 64.1 Å². The number of anilines is 1. The summed E-state index contributed by atoms with van der Waals surface area (Å²) >= 11 is 0. The van der Waals surface area contributed by atoms with E-state index in [0.717, 1.165) is 37.4 Å². The largest absolute Gasteiger partial charge is 0.378 e. The van der Waals surface area contributed by atoms with E-state index >= 15 is 0 Å². The van der Waals surface area contributed by atoms with Crippen LogP contribution in [-0.2, 0) is 13.1 Å². The van der Waals surface area contributed by atoms with Crippen LogP contribution in [0, 0.1) is 0 Å². The lowest BCUT2D eigenvalue weighted by molar-refractivity contribution is 0.0951. The minimum absolute atomic E-state index is 0.0589. The highest BCUT2D eigenvalue weighted by atomic mass is 16.1. The Balaban J connectivity index is 1.41. The molecule has 4 rings (SSSR count). The lowest BCUT2D eigenvalue weighted by Gasteiger charge is -2.31. The minimum Gasteiger partial charge on any atom is -0.378 e. The van der Waals surface area contributed by atoms with E-state index < -0.39 is 0 Å². The highest BCUT2D eigenvalue weighted by molar-refractivity contribution is 5.95. The van der Waals surface area contributed by atoms with E-state index in [4.69, 9.17) is 0 Å². The molecular weight excluding hydrogens is 408 g/mol. The Labute approximate surface area is 197 Å². The van der Waals surface area contributed by atoms with Gasteiger partial charge in [0.15, 0.2) is 0 Å². The summed E-state index contributed by atoms with van der Waals surface area (Å²) in [5.41, 5.74) is 6.49. The van der Waals surface area contributed by atoms with Gasteiger partial charge in [0.1, 0.15) is 0 Å². The molecule has 33 heavy (non-hydrogen) atoms. The quantitative estimate of drug-likeness (QED) is 0.577. The van der Waals surface area contributed by atoms with Crippen LogP contribution in [0.3, 0.4) is 0 Å². The van der Waals surface area contributed by atoms with E-state index in [0.29, 0.717) is 18.2 Å². The van der Waals surface area contributed by atoms with E-state index in [1.165, 1.54) is 16.7 Å². The van der Waals surface area contributed by atoms with Crippen molar-refractivity contribution < 1.29 is 4.79 Å². The van der Waals surface area contributed by atoms with Crippen molar-refractivity contribution in [2.45, 2.75) is 26.1 Å². The highest BCUT2D eigenvalue weighted by Crippen LogP contribution is 2.23. The number of nitrogens with zero attached hydrogens (tertiary/aromatic N) is 2. The van der Waals surface area contributed by atoms with Crippen molar-refractivity contribution in [2.24, 2.45) is 0 Å². The summed E-state index contributed by atoms with van der Waals surface area (Å²) in [7, 11) is 3.95. The van der Waals surface area contributed by atoms with Crippen molar-refractivity contribution in [1.29, 1.82) is 0 Å². The summed E-state index contributed by atoms with van der Waals surface area (Å²) in [6.07, 6.45) is 0. The van der Waals surface area contributed by atoms with Gasteiger partial charge in [-0.25, -0.2) is 0 Å². The lowest BCUT2D eigenvalue weighted by atomic mass is 10.0. The maximum Gasteiger partial charge on any atom is 0.251 e. The van der Waals surface area contributed by atoms with Crippen molar-refractivity contribution in [3.05, 3.63) is 89.5 Å². The van der Waals surface area contributed by atoms with Gasteiger partial charge in [-0.3, -0.25) is 9.69 Å². The maximum absolute atomic E-state index is 12.7. The molecule has 0 saturated carbocycles. The van der Waals surface area contributed by atoms with Gasteiger partial charge in [0.2, 0.25) is 0 Å². The van der Waals surface area contributed by atoms with Crippen LogP contribution in [0.15, 0.2) is 72.8 Å². The fourth-order valence-corrected chi connectivity index (χ4v) is 4.33. The molecule has 1 amide bonds. The van der Waals surface area contributed by atoms with Gasteiger partial charge in [-0.05, 0) is 59.5 Å². The lowest BCUT2D eigenvalue weighted by Crippen LogP contribution is -2.48. The fraction of sp³-hybridized carbons (Fsp3) is 0.321.